The number of non-ortho nitro benzene ring substituents is 1. The van der Waals surface area contributed by atoms with Crippen LogP contribution in [0.3, 0.4) is 0 Å². The smallest absolute Gasteiger partial charge is 0.269 e. The Bertz CT molecular complexity index is 317. The highest BCUT2D eigenvalue weighted by Gasteiger charge is 2.01. The van der Waals surface area contributed by atoms with Crippen molar-refractivity contribution in [1.29, 1.82) is 0 Å². The molecule has 0 aliphatic carbocycles. The van der Waals surface area contributed by atoms with Gasteiger partial charge in [-0.05, 0) is 24.6 Å². The summed E-state index contributed by atoms with van der Waals surface area (Å²) in [5.41, 5.74) is 0.987. The maximum absolute atomic E-state index is 10.3. The standard InChI is InChI=1S/C9H10N2O2/c1-2-10-7-8-3-5-9(6-4-8)11(12)13/h3-7H,2H2,1H3. The van der Waals surface area contributed by atoms with Crippen LogP contribution in [0.1, 0.15) is 12.5 Å². The Balaban J connectivity index is 2.81. The van der Waals surface area contributed by atoms with Gasteiger partial charge in [-0.1, -0.05) is 0 Å². The molecule has 0 fully saturated rings. The Labute approximate surface area is 76.1 Å². The molecule has 0 aromatic heterocycles. The van der Waals surface area contributed by atoms with Crippen molar-refractivity contribution in [2.24, 2.45) is 4.99 Å². The Morgan fingerprint density at radius 3 is 2.54 bits per heavy atom. The highest BCUT2D eigenvalue weighted by atomic mass is 16.6. The first-order valence-corrected chi connectivity index (χ1v) is 3.98. The lowest BCUT2D eigenvalue weighted by Crippen LogP contribution is -1.88. The van der Waals surface area contributed by atoms with Crippen LogP contribution in [0.15, 0.2) is 29.3 Å². The van der Waals surface area contributed by atoms with E-state index >= 15 is 0 Å². The molecule has 0 aliphatic heterocycles. The van der Waals surface area contributed by atoms with Gasteiger partial charge in [0.25, 0.3) is 5.69 Å². The van der Waals surface area contributed by atoms with Gasteiger partial charge in [-0.25, -0.2) is 0 Å². The van der Waals surface area contributed by atoms with E-state index in [9.17, 15) is 10.1 Å². The van der Waals surface area contributed by atoms with Crippen molar-refractivity contribution < 1.29 is 4.92 Å². The zero-order valence-corrected chi connectivity index (χ0v) is 7.30. The SMILES string of the molecule is CCN=Cc1ccc([N+](=O)[O-])cc1. The van der Waals surface area contributed by atoms with E-state index < -0.39 is 4.92 Å². The Morgan fingerprint density at radius 1 is 1.46 bits per heavy atom. The van der Waals surface area contributed by atoms with Gasteiger partial charge in [0, 0.05) is 24.9 Å². The summed E-state index contributed by atoms with van der Waals surface area (Å²) in [6.07, 6.45) is 1.70. The molecule has 0 unspecified atom stereocenters. The molecule has 0 atom stereocenters. The van der Waals surface area contributed by atoms with Crippen molar-refractivity contribution in [3.63, 3.8) is 0 Å². The van der Waals surface area contributed by atoms with Gasteiger partial charge in [0.05, 0.1) is 4.92 Å². The van der Waals surface area contributed by atoms with Gasteiger partial charge in [0.2, 0.25) is 0 Å². The highest BCUT2D eigenvalue weighted by molar-refractivity contribution is 5.79. The van der Waals surface area contributed by atoms with Gasteiger partial charge in [0.1, 0.15) is 0 Å². The molecule has 0 radical (unpaired) electrons. The van der Waals surface area contributed by atoms with Crippen LogP contribution >= 0.6 is 0 Å². The molecule has 0 bridgehead atoms. The molecule has 0 spiro atoms. The number of nitro groups is 1. The van der Waals surface area contributed by atoms with E-state index in [1.807, 2.05) is 6.92 Å². The van der Waals surface area contributed by atoms with Crippen LogP contribution in [0.2, 0.25) is 0 Å². The summed E-state index contributed by atoms with van der Waals surface area (Å²) in [6.45, 7) is 2.65. The summed E-state index contributed by atoms with van der Waals surface area (Å²) in [5, 5.41) is 10.3. The van der Waals surface area contributed by atoms with E-state index in [2.05, 4.69) is 4.99 Å². The molecule has 0 amide bonds. The minimum atomic E-state index is -0.416. The third-order valence-electron chi connectivity index (χ3n) is 1.53. The number of nitro benzene ring substituents is 1. The van der Waals surface area contributed by atoms with E-state index in [1.165, 1.54) is 12.1 Å². The normalized spacial score (nSPS) is 10.5. The summed E-state index contributed by atoms with van der Waals surface area (Å²) < 4.78 is 0. The van der Waals surface area contributed by atoms with Crippen molar-refractivity contribution >= 4 is 11.9 Å². The summed E-state index contributed by atoms with van der Waals surface area (Å²) in [7, 11) is 0. The topological polar surface area (TPSA) is 55.5 Å². The molecule has 0 heterocycles. The summed E-state index contributed by atoms with van der Waals surface area (Å²) in [5.74, 6) is 0. The second-order valence-corrected chi connectivity index (χ2v) is 2.48. The third kappa shape index (κ3) is 2.66. The van der Waals surface area contributed by atoms with Crippen LogP contribution in [0.25, 0.3) is 0 Å². The van der Waals surface area contributed by atoms with Gasteiger partial charge < -0.3 is 0 Å². The first-order chi connectivity index (χ1) is 6.24. The molecule has 4 nitrogen and oxygen atoms in total. The van der Waals surface area contributed by atoms with E-state index in [1.54, 1.807) is 18.3 Å². The van der Waals surface area contributed by atoms with E-state index in [4.69, 9.17) is 0 Å². The minimum Gasteiger partial charge on any atom is -0.293 e. The Kier molecular flexibility index (Phi) is 3.14. The van der Waals surface area contributed by atoms with Crippen LogP contribution in [0.4, 0.5) is 5.69 Å². The van der Waals surface area contributed by atoms with E-state index in [0.717, 1.165) is 12.1 Å². The number of rotatable bonds is 3. The van der Waals surface area contributed by atoms with Crippen molar-refractivity contribution in [2.75, 3.05) is 6.54 Å². The molecule has 0 aliphatic rings. The van der Waals surface area contributed by atoms with Crippen LogP contribution in [-0.4, -0.2) is 17.7 Å². The van der Waals surface area contributed by atoms with Crippen molar-refractivity contribution in [2.45, 2.75) is 6.92 Å². The van der Waals surface area contributed by atoms with Crippen molar-refractivity contribution in [1.82, 2.24) is 0 Å². The molecule has 0 saturated heterocycles. The number of hydrogen-bond acceptors (Lipinski definition) is 3. The number of hydrogen-bond donors (Lipinski definition) is 0. The lowest BCUT2D eigenvalue weighted by molar-refractivity contribution is -0.384. The van der Waals surface area contributed by atoms with E-state index in [-0.39, 0.29) is 5.69 Å². The quantitative estimate of drug-likeness (QED) is 0.404. The largest absolute Gasteiger partial charge is 0.293 e. The van der Waals surface area contributed by atoms with E-state index in [0.29, 0.717) is 0 Å². The molecular formula is C9H10N2O2. The molecule has 1 aromatic carbocycles. The zero-order chi connectivity index (χ0) is 9.68. The third-order valence-corrected chi connectivity index (χ3v) is 1.53. The lowest BCUT2D eigenvalue weighted by Gasteiger charge is -1.92. The van der Waals surface area contributed by atoms with Crippen LogP contribution in [-0.2, 0) is 0 Å². The van der Waals surface area contributed by atoms with Gasteiger partial charge in [-0.2, -0.15) is 0 Å². The summed E-state index contributed by atoms with van der Waals surface area (Å²) >= 11 is 0. The van der Waals surface area contributed by atoms with Crippen LogP contribution in [0.5, 0.6) is 0 Å². The maximum Gasteiger partial charge on any atom is 0.269 e. The number of nitrogens with zero attached hydrogens (tertiary/aromatic N) is 2. The highest BCUT2D eigenvalue weighted by Crippen LogP contribution is 2.10. The van der Waals surface area contributed by atoms with Gasteiger partial charge in [0.15, 0.2) is 0 Å². The fourth-order valence-electron chi connectivity index (χ4n) is 0.879. The monoisotopic (exact) mass is 178 g/mol. The molecule has 1 rings (SSSR count). The van der Waals surface area contributed by atoms with Crippen molar-refractivity contribution in [3.8, 4) is 0 Å². The zero-order valence-electron chi connectivity index (χ0n) is 7.30. The number of benzene rings is 1. The predicted octanol–water partition coefficient (Wildman–Crippen LogP) is 2.03. The Hall–Kier alpha value is -1.71. The van der Waals surface area contributed by atoms with Crippen LogP contribution < -0.4 is 0 Å². The van der Waals surface area contributed by atoms with Crippen molar-refractivity contribution in [3.05, 3.63) is 39.9 Å². The lowest BCUT2D eigenvalue weighted by atomic mass is 10.2. The fourth-order valence-corrected chi connectivity index (χ4v) is 0.879. The molecule has 0 saturated carbocycles. The number of aliphatic imine (C=N–C) groups is 1. The molecular weight excluding hydrogens is 168 g/mol. The molecule has 13 heavy (non-hydrogen) atoms. The Morgan fingerprint density at radius 2 is 2.08 bits per heavy atom. The minimum absolute atomic E-state index is 0.105. The summed E-state index contributed by atoms with van der Waals surface area (Å²) in [6, 6.07) is 6.29. The average molecular weight is 178 g/mol. The molecule has 4 heteroatoms. The average Bonchev–Trinajstić information content (AvgIpc) is 2.15. The van der Waals surface area contributed by atoms with Gasteiger partial charge >= 0.3 is 0 Å². The second-order valence-electron chi connectivity index (χ2n) is 2.48. The van der Waals surface area contributed by atoms with Gasteiger partial charge in [-0.3, -0.25) is 15.1 Å². The second kappa shape index (κ2) is 4.35. The van der Waals surface area contributed by atoms with Gasteiger partial charge in [-0.15, -0.1) is 0 Å². The molecule has 0 N–H and O–H groups in total. The first-order valence-electron chi connectivity index (χ1n) is 3.98. The first kappa shape index (κ1) is 9.38. The molecule has 1 aromatic rings. The fraction of sp³-hybridized carbons (Fsp3) is 0.222. The molecule has 68 valence electrons. The predicted molar refractivity (Wildman–Crippen MR) is 51.2 cm³/mol. The maximum atomic E-state index is 10.3. The summed E-state index contributed by atoms with van der Waals surface area (Å²) in [4.78, 5) is 13.9. The van der Waals surface area contributed by atoms with Crippen LogP contribution in [0, 0.1) is 10.1 Å².